The minimum absolute atomic E-state index is 0.0917. The molecule has 49 heavy (non-hydrogen) atoms. The van der Waals surface area contributed by atoms with Gasteiger partial charge in [0.05, 0.1) is 38.0 Å². The summed E-state index contributed by atoms with van der Waals surface area (Å²) >= 11 is 0. The van der Waals surface area contributed by atoms with Gasteiger partial charge in [-0.25, -0.2) is 9.67 Å². The molecule has 0 unspecified atom stereocenters. The summed E-state index contributed by atoms with van der Waals surface area (Å²) in [4.78, 5) is 15.7. The molecule has 0 radical (unpaired) electrons. The number of ether oxygens (including phenoxy) is 3. The van der Waals surface area contributed by atoms with E-state index in [2.05, 4.69) is 10.1 Å². The molecule has 3 aromatic carbocycles. The van der Waals surface area contributed by atoms with Gasteiger partial charge >= 0.3 is 13.6 Å². The molecule has 5 aromatic rings. The quantitative estimate of drug-likeness (QED) is 0.0954. The normalized spacial score (nSPS) is 11.6. The Kier molecular flexibility index (Phi) is 11.7. The molecule has 2 aromatic heterocycles. The number of carboxylic acid groups (broad SMARTS) is 1. The molecule has 0 saturated carbocycles. The lowest BCUT2D eigenvalue weighted by molar-refractivity contribution is -0.136. The summed E-state index contributed by atoms with van der Waals surface area (Å²) in [6.07, 6.45) is 3.33. The van der Waals surface area contributed by atoms with Crippen LogP contribution in [0.25, 0.3) is 23.2 Å². The van der Waals surface area contributed by atoms with Gasteiger partial charge in [-0.3, -0.25) is 9.36 Å². The second-order valence-corrected chi connectivity index (χ2v) is 12.6. The van der Waals surface area contributed by atoms with E-state index in [1.54, 1.807) is 69.1 Å². The summed E-state index contributed by atoms with van der Waals surface area (Å²) in [6, 6.07) is 22.1. The van der Waals surface area contributed by atoms with E-state index in [-0.39, 0.29) is 32.8 Å². The number of rotatable bonds is 17. The van der Waals surface area contributed by atoms with Gasteiger partial charge in [0.1, 0.15) is 24.7 Å². The molecule has 12 nitrogen and oxygen atoms in total. The van der Waals surface area contributed by atoms with Crippen LogP contribution in [0.15, 0.2) is 89.2 Å². The van der Waals surface area contributed by atoms with Gasteiger partial charge in [-0.1, -0.05) is 36.4 Å². The number of oxazole rings is 1. The number of carbonyl (C=O) groups is 1. The molecule has 13 heteroatoms. The summed E-state index contributed by atoms with van der Waals surface area (Å²) in [6.45, 7) is 6.05. The molecule has 0 aliphatic heterocycles. The second-order valence-electron chi connectivity index (χ2n) is 10.7. The zero-order valence-corrected chi connectivity index (χ0v) is 28.6. The van der Waals surface area contributed by atoms with Crippen molar-refractivity contribution < 1.29 is 42.1 Å². The van der Waals surface area contributed by atoms with E-state index >= 15 is 0 Å². The zero-order chi connectivity index (χ0) is 34.8. The van der Waals surface area contributed by atoms with Gasteiger partial charge in [-0.15, -0.1) is 5.10 Å². The number of carboxylic acids is 1. The minimum atomic E-state index is -3.45. The van der Waals surface area contributed by atoms with Crippen LogP contribution in [0.2, 0.25) is 0 Å². The Morgan fingerprint density at radius 2 is 1.71 bits per heavy atom. The van der Waals surface area contributed by atoms with Crippen molar-refractivity contribution in [3.05, 3.63) is 113 Å². The monoisotopic (exact) mass is 687 g/mol. The number of hydrogen-bond donors (Lipinski definition) is 1. The highest BCUT2D eigenvalue weighted by Crippen LogP contribution is 2.50. The number of aromatic nitrogens is 3. The Morgan fingerprint density at radius 3 is 2.43 bits per heavy atom. The average Bonchev–Trinajstić information content (AvgIpc) is 3.69. The van der Waals surface area contributed by atoms with Gasteiger partial charge in [0.25, 0.3) is 0 Å². The number of aryl methyl sites for hydroxylation is 1. The predicted molar refractivity (Wildman–Crippen MR) is 183 cm³/mol. The van der Waals surface area contributed by atoms with Crippen LogP contribution in [0.1, 0.15) is 42.0 Å². The number of aliphatic carboxylic acids is 1. The molecular formula is C36H38N3O9P. The largest absolute Gasteiger partial charge is 0.493 e. The Morgan fingerprint density at radius 1 is 0.939 bits per heavy atom. The van der Waals surface area contributed by atoms with Crippen molar-refractivity contribution in [2.24, 2.45) is 0 Å². The summed E-state index contributed by atoms with van der Waals surface area (Å²) in [5.41, 5.74) is 4.14. The molecule has 1 N–H and O–H groups in total. The van der Waals surface area contributed by atoms with Gasteiger partial charge in [0.2, 0.25) is 11.8 Å². The van der Waals surface area contributed by atoms with Crippen LogP contribution >= 0.6 is 7.60 Å². The van der Waals surface area contributed by atoms with Crippen LogP contribution in [0, 0.1) is 6.92 Å². The Bertz CT molecular complexity index is 1940. The lowest BCUT2D eigenvalue weighted by atomic mass is 10.1. The first kappa shape index (κ1) is 35.2. The Balaban J connectivity index is 1.30. The molecule has 0 bridgehead atoms. The van der Waals surface area contributed by atoms with Crippen LogP contribution in [0.3, 0.4) is 0 Å². The third-order valence-electron chi connectivity index (χ3n) is 7.17. The fourth-order valence-electron chi connectivity index (χ4n) is 4.86. The Labute approximate surface area is 284 Å². The third kappa shape index (κ3) is 9.26. The van der Waals surface area contributed by atoms with Crippen molar-refractivity contribution >= 4 is 19.6 Å². The van der Waals surface area contributed by atoms with E-state index in [1.807, 2.05) is 48.5 Å². The topological polar surface area (TPSA) is 144 Å². The lowest BCUT2D eigenvalue weighted by Gasteiger charge is -2.13. The van der Waals surface area contributed by atoms with Crippen LogP contribution in [0.4, 0.5) is 0 Å². The van der Waals surface area contributed by atoms with E-state index in [4.69, 9.17) is 32.8 Å². The lowest BCUT2D eigenvalue weighted by Crippen LogP contribution is -2.02. The van der Waals surface area contributed by atoms with E-state index in [0.29, 0.717) is 51.4 Å². The first-order valence-electron chi connectivity index (χ1n) is 15.6. The maximum absolute atomic E-state index is 13.1. The van der Waals surface area contributed by atoms with Gasteiger partial charge in [0.15, 0.2) is 11.5 Å². The highest BCUT2D eigenvalue weighted by atomic mass is 31.2. The molecule has 5 rings (SSSR count). The van der Waals surface area contributed by atoms with Gasteiger partial charge in [-0.05, 0) is 74.4 Å². The highest BCUT2D eigenvalue weighted by Gasteiger charge is 2.21. The molecule has 0 saturated heterocycles. The van der Waals surface area contributed by atoms with Crippen molar-refractivity contribution in [2.45, 2.75) is 40.4 Å². The van der Waals surface area contributed by atoms with Crippen molar-refractivity contribution in [3.63, 3.8) is 0 Å². The number of methoxy groups -OCH3 is 1. The van der Waals surface area contributed by atoms with Crippen LogP contribution < -0.4 is 14.2 Å². The molecule has 0 spiro atoms. The number of para-hydroxylation sites is 1. The zero-order valence-electron chi connectivity index (χ0n) is 27.7. The van der Waals surface area contributed by atoms with E-state index in [9.17, 15) is 9.36 Å². The highest BCUT2D eigenvalue weighted by molar-refractivity contribution is 7.57. The van der Waals surface area contributed by atoms with E-state index < -0.39 is 13.6 Å². The average molecular weight is 688 g/mol. The van der Waals surface area contributed by atoms with Crippen molar-refractivity contribution in [3.8, 4) is 34.5 Å². The molecule has 0 fully saturated rings. The van der Waals surface area contributed by atoms with Gasteiger partial charge in [-0.2, -0.15) is 0 Å². The fraction of sp³-hybridized carbons (Fsp3) is 0.250. The molecule has 2 heterocycles. The van der Waals surface area contributed by atoms with Crippen LogP contribution in [0.5, 0.6) is 17.4 Å². The summed E-state index contributed by atoms with van der Waals surface area (Å²) in [7, 11) is -1.90. The summed E-state index contributed by atoms with van der Waals surface area (Å²) < 4.78 is 49.3. The SMILES string of the molecule is CCOP(=O)(/C=C/c1cn(-c2ccccc2)nc1OCc1ccc(OCc2nc(-c3cccc(CC(=O)O)c3)oc2C)c(OC)c1)OCC. The third-order valence-corrected chi connectivity index (χ3v) is 8.92. The predicted octanol–water partition coefficient (Wildman–Crippen LogP) is 7.87. The smallest absolute Gasteiger partial charge is 0.354 e. The second kappa shape index (κ2) is 16.3. The minimum Gasteiger partial charge on any atom is -0.493 e. The van der Waals surface area contributed by atoms with Crippen molar-refractivity contribution in [1.29, 1.82) is 0 Å². The number of benzene rings is 3. The fourth-order valence-corrected chi connectivity index (χ4v) is 6.17. The van der Waals surface area contributed by atoms with E-state index in [0.717, 1.165) is 11.3 Å². The standard InChI is InChI=1S/C36H38N3O9P/c1-5-46-49(42,47-6-2)18-17-29-22-39(30-13-8-7-9-14-30)38-36(29)45-23-27-15-16-32(33(20-27)43-4)44-24-31-25(3)48-35(37-31)28-12-10-11-26(19-28)21-34(40)41/h7-20,22H,5-6,21,23-24H2,1-4H3,(H,40,41)/b18-17+. The summed E-state index contributed by atoms with van der Waals surface area (Å²) in [5, 5.41) is 13.8. The van der Waals surface area contributed by atoms with Crippen molar-refractivity contribution in [1.82, 2.24) is 14.8 Å². The van der Waals surface area contributed by atoms with Gasteiger partial charge < -0.3 is 32.8 Å². The first-order valence-corrected chi connectivity index (χ1v) is 17.2. The molecule has 256 valence electrons. The number of nitrogens with zero attached hydrogens (tertiary/aromatic N) is 3. The maximum atomic E-state index is 13.1. The molecular weight excluding hydrogens is 649 g/mol. The van der Waals surface area contributed by atoms with Crippen molar-refractivity contribution in [2.75, 3.05) is 20.3 Å². The number of hydrogen-bond acceptors (Lipinski definition) is 10. The first-order chi connectivity index (χ1) is 23.7. The van der Waals surface area contributed by atoms with E-state index in [1.165, 1.54) is 5.82 Å². The maximum Gasteiger partial charge on any atom is 0.354 e. The molecule has 0 atom stereocenters. The molecule has 0 amide bonds. The van der Waals surface area contributed by atoms with Crippen LogP contribution in [-0.4, -0.2) is 46.2 Å². The van der Waals surface area contributed by atoms with Gasteiger partial charge in [0, 0.05) is 17.6 Å². The molecule has 0 aliphatic carbocycles. The molecule has 0 aliphatic rings. The Hall–Kier alpha value is -5.16. The summed E-state index contributed by atoms with van der Waals surface area (Å²) in [5.74, 6) is 2.79. The van der Waals surface area contributed by atoms with Crippen LogP contribution in [-0.2, 0) is 38.0 Å².